The highest BCUT2D eigenvalue weighted by atomic mass is 16.2. The van der Waals surface area contributed by atoms with E-state index in [1.54, 1.807) is 10.9 Å². The van der Waals surface area contributed by atoms with E-state index in [0.717, 1.165) is 59.4 Å². The summed E-state index contributed by atoms with van der Waals surface area (Å²) < 4.78 is 1.79. The molecule has 1 saturated carbocycles. The zero-order valence-corrected chi connectivity index (χ0v) is 21.5. The molecule has 0 atom stereocenters. The number of pyridine rings is 1. The lowest BCUT2D eigenvalue weighted by Gasteiger charge is -2.37. The van der Waals surface area contributed by atoms with E-state index < -0.39 is 0 Å². The van der Waals surface area contributed by atoms with Gasteiger partial charge in [-0.15, -0.1) is 6.42 Å². The highest BCUT2D eigenvalue weighted by Crippen LogP contribution is 2.31. The highest BCUT2D eigenvalue weighted by molar-refractivity contribution is 6.32. The molecule has 0 bridgehead atoms. The fraction of sp³-hybridized carbons (Fsp3) is 0.258. The number of terminal acetylenes is 1. The smallest absolute Gasteiger partial charge is 0.231 e. The van der Waals surface area contributed by atoms with Crippen molar-refractivity contribution in [2.45, 2.75) is 44.2 Å². The third kappa shape index (κ3) is 5.98. The van der Waals surface area contributed by atoms with Gasteiger partial charge in [-0.2, -0.15) is 5.10 Å². The Morgan fingerprint density at radius 2 is 1.76 bits per heavy atom. The van der Waals surface area contributed by atoms with E-state index >= 15 is 0 Å². The van der Waals surface area contributed by atoms with Gasteiger partial charge in [-0.3, -0.25) is 9.48 Å². The largest absolute Gasteiger partial charge is 0.367 e. The highest BCUT2D eigenvalue weighted by Gasteiger charge is 2.30. The van der Waals surface area contributed by atoms with Crippen LogP contribution in [0.3, 0.4) is 0 Å². The number of benzene rings is 2. The molecule has 2 aromatic heterocycles. The Kier molecular flexibility index (Phi) is 7.60. The fourth-order valence-corrected chi connectivity index (χ4v) is 5.09. The summed E-state index contributed by atoms with van der Waals surface area (Å²) >= 11 is 0. The molecule has 7 heteroatoms. The second-order valence-corrected chi connectivity index (χ2v) is 9.86. The van der Waals surface area contributed by atoms with Crippen molar-refractivity contribution in [3.05, 3.63) is 90.4 Å². The van der Waals surface area contributed by atoms with E-state index in [1.165, 1.54) is 0 Å². The minimum Gasteiger partial charge on any atom is -0.367 e. The summed E-state index contributed by atoms with van der Waals surface area (Å²) in [6.07, 6.45) is 15.0. The first kappa shape index (κ1) is 25.3. The number of hydrogen-bond acceptors (Lipinski definition) is 4. The standard InChI is InChI=1S/C31H30BN5O/c1-3-22-6-17-30(33-19-22)35-27-11-15-29(16-12-27)37(31(38)18-23-4-9-26(32)10-5-23)28-13-7-24(8-14-28)25-20-34-36(2)21-25/h1,4-10,13-14,17,19-21,27,29H,11-12,15-16,18H2,2H3,(H,33,35). The van der Waals surface area contributed by atoms with Crippen LogP contribution in [0.15, 0.2) is 79.3 Å². The van der Waals surface area contributed by atoms with Crippen LogP contribution in [0.25, 0.3) is 11.1 Å². The quantitative estimate of drug-likeness (QED) is 0.305. The van der Waals surface area contributed by atoms with Crippen molar-refractivity contribution in [1.82, 2.24) is 14.8 Å². The number of nitrogens with one attached hydrogen (secondary N) is 1. The lowest BCUT2D eigenvalue weighted by molar-refractivity contribution is -0.118. The van der Waals surface area contributed by atoms with E-state index in [0.29, 0.717) is 17.9 Å². The predicted octanol–water partition coefficient (Wildman–Crippen LogP) is 4.26. The number of rotatable bonds is 7. The van der Waals surface area contributed by atoms with E-state index in [1.807, 2.05) is 72.9 Å². The van der Waals surface area contributed by atoms with E-state index in [4.69, 9.17) is 14.3 Å². The minimum absolute atomic E-state index is 0.0897. The van der Waals surface area contributed by atoms with Gasteiger partial charge in [0, 0.05) is 48.3 Å². The number of aryl methyl sites for hydroxylation is 1. The van der Waals surface area contributed by atoms with Crippen LogP contribution in [-0.4, -0.2) is 40.6 Å². The number of nitrogens with zero attached hydrogens (tertiary/aromatic N) is 4. The van der Waals surface area contributed by atoms with Crippen LogP contribution < -0.4 is 15.7 Å². The maximum Gasteiger partial charge on any atom is 0.231 e. The zero-order valence-electron chi connectivity index (χ0n) is 21.5. The van der Waals surface area contributed by atoms with Crippen molar-refractivity contribution < 1.29 is 4.79 Å². The molecule has 0 spiro atoms. The maximum atomic E-state index is 13.7. The van der Waals surface area contributed by atoms with Gasteiger partial charge in [0.05, 0.1) is 12.6 Å². The van der Waals surface area contributed by atoms with Crippen molar-refractivity contribution in [3.63, 3.8) is 0 Å². The topological polar surface area (TPSA) is 63.1 Å². The lowest BCUT2D eigenvalue weighted by atomic mass is 9.89. The second-order valence-electron chi connectivity index (χ2n) is 9.86. The van der Waals surface area contributed by atoms with E-state index in [2.05, 4.69) is 33.5 Å². The Labute approximate surface area is 225 Å². The van der Waals surface area contributed by atoms with Crippen LogP contribution in [0.5, 0.6) is 0 Å². The number of anilines is 2. The number of hydrogen-bond donors (Lipinski definition) is 1. The Balaban J connectivity index is 1.32. The first-order valence-corrected chi connectivity index (χ1v) is 12.9. The van der Waals surface area contributed by atoms with Crippen LogP contribution in [0, 0.1) is 12.3 Å². The minimum atomic E-state index is 0.0897. The molecule has 4 aromatic rings. The van der Waals surface area contributed by atoms with Crippen molar-refractivity contribution >= 4 is 30.7 Å². The molecule has 0 aliphatic heterocycles. The summed E-state index contributed by atoms with van der Waals surface area (Å²) in [5.41, 5.74) is 5.46. The molecule has 1 fully saturated rings. The van der Waals surface area contributed by atoms with Gasteiger partial charge in [-0.05, 0) is 61.1 Å². The average Bonchev–Trinajstić information content (AvgIpc) is 3.38. The van der Waals surface area contributed by atoms with Crippen molar-refractivity contribution in [1.29, 1.82) is 0 Å². The van der Waals surface area contributed by atoms with Crippen molar-refractivity contribution in [2.75, 3.05) is 10.2 Å². The van der Waals surface area contributed by atoms with Gasteiger partial charge in [0.15, 0.2) is 0 Å². The Morgan fingerprint density at radius 3 is 2.37 bits per heavy atom. The van der Waals surface area contributed by atoms with Crippen molar-refractivity contribution in [2.24, 2.45) is 7.05 Å². The van der Waals surface area contributed by atoms with Gasteiger partial charge >= 0.3 is 0 Å². The molecule has 1 aliphatic carbocycles. The van der Waals surface area contributed by atoms with Gasteiger partial charge in [-0.1, -0.05) is 47.8 Å². The first-order valence-electron chi connectivity index (χ1n) is 12.9. The average molecular weight is 499 g/mol. The van der Waals surface area contributed by atoms with Crippen LogP contribution >= 0.6 is 0 Å². The monoisotopic (exact) mass is 499 g/mol. The molecule has 6 nitrogen and oxygen atoms in total. The third-order valence-electron chi connectivity index (χ3n) is 7.13. The molecule has 1 aliphatic rings. The molecular weight excluding hydrogens is 469 g/mol. The van der Waals surface area contributed by atoms with E-state index in [9.17, 15) is 4.79 Å². The molecule has 0 saturated heterocycles. The molecule has 2 heterocycles. The van der Waals surface area contributed by atoms with Gasteiger partial charge < -0.3 is 10.2 Å². The van der Waals surface area contributed by atoms with E-state index in [-0.39, 0.29) is 11.9 Å². The Hall–Kier alpha value is -4.31. The number of carbonyl (C=O) groups is 1. The molecule has 2 radical (unpaired) electrons. The molecule has 188 valence electrons. The van der Waals surface area contributed by atoms with Gasteiger partial charge in [0.25, 0.3) is 0 Å². The van der Waals surface area contributed by atoms with Gasteiger partial charge in [-0.25, -0.2) is 4.98 Å². The predicted molar refractivity (Wildman–Crippen MR) is 154 cm³/mol. The zero-order chi connectivity index (χ0) is 26.5. The summed E-state index contributed by atoms with van der Waals surface area (Å²) in [5.74, 6) is 3.52. The summed E-state index contributed by atoms with van der Waals surface area (Å²) in [5, 5.41) is 7.81. The molecular formula is C31H30BN5O. The molecule has 1 N–H and O–H groups in total. The summed E-state index contributed by atoms with van der Waals surface area (Å²) in [6.45, 7) is 0. The first-order chi connectivity index (χ1) is 18.5. The normalized spacial score (nSPS) is 16.9. The number of carbonyl (C=O) groups excluding carboxylic acids is 1. The second kappa shape index (κ2) is 11.4. The summed E-state index contributed by atoms with van der Waals surface area (Å²) in [6, 6.07) is 20.0. The van der Waals surface area contributed by atoms with Gasteiger partial charge in [0.2, 0.25) is 5.91 Å². The van der Waals surface area contributed by atoms with Crippen LogP contribution in [0.4, 0.5) is 11.5 Å². The molecule has 0 unspecified atom stereocenters. The van der Waals surface area contributed by atoms with Crippen molar-refractivity contribution in [3.8, 4) is 23.5 Å². The molecule has 2 aromatic carbocycles. The molecule has 5 rings (SSSR count). The molecule has 38 heavy (non-hydrogen) atoms. The summed E-state index contributed by atoms with van der Waals surface area (Å²) in [4.78, 5) is 20.2. The van der Waals surface area contributed by atoms with Crippen LogP contribution in [0.1, 0.15) is 36.8 Å². The summed E-state index contributed by atoms with van der Waals surface area (Å²) in [7, 11) is 7.76. The SMILES string of the molecule is [B]c1ccc(CC(=O)N(c2ccc(-c3cnn(C)c3)cc2)C2CCC(Nc3ccc(C#C)cn3)CC2)cc1. The molecule has 1 amide bonds. The van der Waals surface area contributed by atoms with Gasteiger partial charge in [0.1, 0.15) is 13.7 Å². The van der Waals surface area contributed by atoms with Crippen LogP contribution in [0.2, 0.25) is 0 Å². The fourth-order valence-electron chi connectivity index (χ4n) is 5.09. The third-order valence-corrected chi connectivity index (χ3v) is 7.13. The maximum absolute atomic E-state index is 13.7. The van der Waals surface area contributed by atoms with Crippen LogP contribution in [-0.2, 0) is 18.3 Å². The number of amides is 1. The lowest BCUT2D eigenvalue weighted by Crippen LogP contribution is -2.45. The Bertz CT molecular complexity index is 1410. The number of aromatic nitrogens is 3. The Morgan fingerprint density at radius 1 is 1.03 bits per heavy atom.